The van der Waals surface area contributed by atoms with Crippen molar-refractivity contribution in [2.75, 3.05) is 11.1 Å². The Labute approximate surface area is 103 Å². The van der Waals surface area contributed by atoms with Crippen molar-refractivity contribution in [2.24, 2.45) is 0 Å². The molecule has 1 aromatic carbocycles. The van der Waals surface area contributed by atoms with Crippen molar-refractivity contribution in [3.63, 3.8) is 0 Å². The molecule has 1 heterocycles. The molecular weight excluding hydrogens is 237 g/mol. The lowest BCUT2D eigenvalue weighted by atomic mass is 10.1. The maximum atomic E-state index is 13.8. The summed E-state index contributed by atoms with van der Waals surface area (Å²) in [4.78, 5) is 15.7. The van der Waals surface area contributed by atoms with Crippen LogP contribution in [0.25, 0.3) is 0 Å². The molecular formula is C12H12FN3O2. The second kappa shape index (κ2) is 4.48. The first-order valence-corrected chi connectivity index (χ1v) is 5.26. The molecule has 1 aromatic heterocycles. The van der Waals surface area contributed by atoms with E-state index in [-0.39, 0.29) is 11.6 Å². The standard InChI is InChI=1S/C12H12FN3O2/c1-6-3-8(14)4-9(10(6)13)11(17)16-12-15-7(2)5-18-12/h3-5H,14H2,1-2H3,(H,15,16,17). The van der Waals surface area contributed by atoms with Gasteiger partial charge < -0.3 is 10.2 Å². The molecule has 0 saturated heterocycles. The minimum absolute atomic E-state index is 0.0250. The van der Waals surface area contributed by atoms with Gasteiger partial charge in [-0.25, -0.2) is 4.39 Å². The highest BCUT2D eigenvalue weighted by Gasteiger charge is 2.16. The summed E-state index contributed by atoms with van der Waals surface area (Å²) in [7, 11) is 0. The van der Waals surface area contributed by atoms with Crippen LogP contribution in [0, 0.1) is 19.7 Å². The average molecular weight is 249 g/mol. The average Bonchev–Trinajstić information content (AvgIpc) is 2.69. The number of aryl methyl sites for hydroxylation is 2. The molecule has 0 aliphatic carbocycles. The number of nitrogen functional groups attached to an aromatic ring is 1. The molecule has 3 N–H and O–H groups in total. The molecule has 0 fully saturated rings. The van der Waals surface area contributed by atoms with E-state index in [1.165, 1.54) is 25.3 Å². The number of nitrogens with two attached hydrogens (primary N) is 1. The van der Waals surface area contributed by atoms with Crippen molar-refractivity contribution < 1.29 is 13.6 Å². The molecule has 18 heavy (non-hydrogen) atoms. The molecule has 0 radical (unpaired) electrons. The summed E-state index contributed by atoms with van der Waals surface area (Å²) in [6, 6.07) is 2.76. The number of aromatic nitrogens is 1. The third kappa shape index (κ3) is 2.32. The van der Waals surface area contributed by atoms with E-state index in [9.17, 15) is 9.18 Å². The van der Waals surface area contributed by atoms with Crippen LogP contribution in [0.3, 0.4) is 0 Å². The van der Waals surface area contributed by atoms with Crippen molar-refractivity contribution in [1.29, 1.82) is 0 Å². The van der Waals surface area contributed by atoms with Gasteiger partial charge in [-0.1, -0.05) is 0 Å². The van der Waals surface area contributed by atoms with Crippen LogP contribution >= 0.6 is 0 Å². The monoisotopic (exact) mass is 249 g/mol. The lowest BCUT2D eigenvalue weighted by Gasteiger charge is -2.06. The molecule has 0 aliphatic rings. The number of nitrogens with one attached hydrogen (secondary N) is 1. The van der Waals surface area contributed by atoms with Crippen molar-refractivity contribution in [3.8, 4) is 0 Å². The molecule has 0 aliphatic heterocycles. The van der Waals surface area contributed by atoms with Crippen molar-refractivity contribution in [3.05, 3.63) is 41.0 Å². The second-order valence-corrected chi connectivity index (χ2v) is 3.95. The zero-order valence-electron chi connectivity index (χ0n) is 9.95. The molecule has 0 atom stereocenters. The Hall–Kier alpha value is -2.37. The first-order chi connectivity index (χ1) is 8.47. The summed E-state index contributed by atoms with van der Waals surface area (Å²) in [5.41, 5.74) is 6.69. The van der Waals surface area contributed by atoms with Gasteiger partial charge in [0.2, 0.25) is 0 Å². The van der Waals surface area contributed by atoms with Gasteiger partial charge in [0.05, 0.1) is 11.3 Å². The Morgan fingerprint density at radius 1 is 1.44 bits per heavy atom. The van der Waals surface area contributed by atoms with Crippen molar-refractivity contribution in [1.82, 2.24) is 4.98 Å². The Kier molecular flexibility index (Phi) is 3.01. The Balaban J connectivity index is 2.29. The van der Waals surface area contributed by atoms with E-state index >= 15 is 0 Å². The van der Waals surface area contributed by atoms with Gasteiger partial charge in [0.25, 0.3) is 5.91 Å². The summed E-state index contributed by atoms with van der Waals surface area (Å²) in [5.74, 6) is -1.25. The summed E-state index contributed by atoms with van der Waals surface area (Å²) in [6.45, 7) is 3.25. The maximum absolute atomic E-state index is 13.8. The highest BCUT2D eigenvalue weighted by Crippen LogP contribution is 2.18. The summed E-state index contributed by atoms with van der Waals surface area (Å²) in [6.07, 6.45) is 1.39. The number of carbonyl (C=O) groups excluding carboxylic acids is 1. The van der Waals surface area contributed by atoms with Crippen LogP contribution in [0.15, 0.2) is 22.8 Å². The summed E-state index contributed by atoms with van der Waals surface area (Å²) >= 11 is 0. The maximum Gasteiger partial charge on any atom is 0.301 e. The zero-order valence-corrected chi connectivity index (χ0v) is 9.95. The van der Waals surface area contributed by atoms with Crippen LogP contribution in [0.5, 0.6) is 0 Å². The molecule has 2 aromatic rings. The molecule has 0 saturated carbocycles. The van der Waals surface area contributed by atoms with Crippen LogP contribution in [0.4, 0.5) is 16.1 Å². The lowest BCUT2D eigenvalue weighted by Crippen LogP contribution is -2.15. The quantitative estimate of drug-likeness (QED) is 0.800. The van der Waals surface area contributed by atoms with E-state index in [1.54, 1.807) is 6.92 Å². The van der Waals surface area contributed by atoms with E-state index in [0.29, 0.717) is 16.9 Å². The SMILES string of the molecule is Cc1coc(NC(=O)c2cc(N)cc(C)c2F)n1. The molecule has 0 bridgehead atoms. The highest BCUT2D eigenvalue weighted by molar-refractivity contribution is 6.04. The third-order valence-corrected chi connectivity index (χ3v) is 2.36. The Morgan fingerprint density at radius 2 is 2.17 bits per heavy atom. The smallest absolute Gasteiger partial charge is 0.301 e. The van der Waals surface area contributed by atoms with Gasteiger partial charge in [0, 0.05) is 5.69 Å². The number of amides is 1. The number of anilines is 2. The first-order valence-electron chi connectivity index (χ1n) is 5.26. The van der Waals surface area contributed by atoms with Crippen molar-refractivity contribution >= 4 is 17.6 Å². The van der Waals surface area contributed by atoms with Gasteiger partial charge >= 0.3 is 6.01 Å². The fourth-order valence-electron chi connectivity index (χ4n) is 1.54. The number of oxazole rings is 1. The number of rotatable bonds is 2. The van der Waals surface area contributed by atoms with Crippen LogP contribution in [-0.2, 0) is 0 Å². The largest absolute Gasteiger partial charge is 0.432 e. The van der Waals surface area contributed by atoms with E-state index in [2.05, 4.69) is 10.3 Å². The topological polar surface area (TPSA) is 81.2 Å². The van der Waals surface area contributed by atoms with E-state index in [0.717, 1.165) is 0 Å². The summed E-state index contributed by atoms with van der Waals surface area (Å²) < 4.78 is 18.7. The van der Waals surface area contributed by atoms with Crippen molar-refractivity contribution in [2.45, 2.75) is 13.8 Å². The van der Waals surface area contributed by atoms with Gasteiger partial charge in [-0.05, 0) is 31.5 Å². The van der Waals surface area contributed by atoms with Crippen LogP contribution in [0.1, 0.15) is 21.6 Å². The molecule has 2 rings (SSSR count). The van der Waals surface area contributed by atoms with Crippen LogP contribution in [-0.4, -0.2) is 10.9 Å². The van der Waals surface area contributed by atoms with Gasteiger partial charge in [-0.2, -0.15) is 4.98 Å². The normalized spacial score (nSPS) is 10.4. The van der Waals surface area contributed by atoms with Gasteiger partial charge in [0.1, 0.15) is 12.1 Å². The van der Waals surface area contributed by atoms with E-state index < -0.39 is 11.7 Å². The molecule has 6 heteroatoms. The number of hydrogen-bond acceptors (Lipinski definition) is 4. The predicted molar refractivity (Wildman–Crippen MR) is 64.7 cm³/mol. The predicted octanol–water partition coefficient (Wildman–Crippen LogP) is 2.27. The van der Waals surface area contributed by atoms with Gasteiger partial charge in [0.15, 0.2) is 0 Å². The minimum atomic E-state index is -0.648. The van der Waals surface area contributed by atoms with E-state index in [1.807, 2.05) is 0 Å². The molecule has 1 amide bonds. The lowest BCUT2D eigenvalue weighted by molar-refractivity contribution is 0.102. The minimum Gasteiger partial charge on any atom is -0.432 e. The third-order valence-electron chi connectivity index (χ3n) is 2.36. The number of nitrogens with zero attached hydrogens (tertiary/aromatic N) is 1. The number of carbonyl (C=O) groups is 1. The Bertz CT molecular complexity index is 607. The number of hydrogen-bond donors (Lipinski definition) is 2. The Morgan fingerprint density at radius 3 is 2.78 bits per heavy atom. The molecule has 0 unspecified atom stereocenters. The number of benzene rings is 1. The fraction of sp³-hybridized carbons (Fsp3) is 0.167. The summed E-state index contributed by atoms with van der Waals surface area (Å²) in [5, 5.41) is 2.36. The molecule has 94 valence electrons. The van der Waals surface area contributed by atoms with Gasteiger partial charge in [-0.3, -0.25) is 10.1 Å². The number of halogens is 1. The molecule has 0 spiro atoms. The molecule has 5 nitrogen and oxygen atoms in total. The first kappa shape index (κ1) is 12.1. The zero-order chi connectivity index (χ0) is 13.3. The van der Waals surface area contributed by atoms with Gasteiger partial charge in [-0.15, -0.1) is 0 Å². The fourth-order valence-corrected chi connectivity index (χ4v) is 1.54. The van der Waals surface area contributed by atoms with E-state index in [4.69, 9.17) is 10.2 Å². The second-order valence-electron chi connectivity index (χ2n) is 3.95. The van der Waals surface area contributed by atoms with Crippen LogP contribution in [0.2, 0.25) is 0 Å². The van der Waals surface area contributed by atoms with Crippen LogP contribution < -0.4 is 11.1 Å². The highest BCUT2D eigenvalue weighted by atomic mass is 19.1.